The number of nitrogens with zero attached hydrogens (tertiary/aromatic N) is 4. The molecule has 0 radical (unpaired) electrons. The molecule has 100 valence electrons. The number of likely N-dealkylation sites (tertiary alicyclic amines) is 1. The molecule has 0 saturated carbocycles. The van der Waals surface area contributed by atoms with Gasteiger partial charge in [-0.2, -0.15) is 5.21 Å². The largest absolute Gasteiger partial charge is 0.303 e. The molecule has 0 bridgehead atoms. The van der Waals surface area contributed by atoms with Gasteiger partial charge in [0.2, 0.25) is 0 Å². The summed E-state index contributed by atoms with van der Waals surface area (Å²) in [6.45, 7) is 7.75. The van der Waals surface area contributed by atoms with Gasteiger partial charge < -0.3 is 4.90 Å². The average molecular weight is 249 g/mol. The van der Waals surface area contributed by atoms with E-state index in [9.17, 15) is 0 Å². The van der Waals surface area contributed by atoms with Crippen molar-refractivity contribution in [3.63, 3.8) is 0 Å². The second kappa shape index (κ2) is 6.09. The molecular weight excluding hydrogens is 226 g/mol. The number of tetrazole rings is 1. The van der Waals surface area contributed by atoms with Crippen LogP contribution in [0.15, 0.2) is 12.2 Å². The van der Waals surface area contributed by atoms with Gasteiger partial charge in [-0.3, -0.25) is 0 Å². The van der Waals surface area contributed by atoms with Crippen molar-refractivity contribution in [3.8, 4) is 0 Å². The fraction of sp³-hybridized carbons (Fsp3) is 0.769. The molecule has 5 heteroatoms. The summed E-state index contributed by atoms with van der Waals surface area (Å²) < 4.78 is 0. The number of H-pyrrole nitrogens is 1. The van der Waals surface area contributed by atoms with E-state index in [0.29, 0.717) is 0 Å². The maximum Gasteiger partial charge on any atom is 0.180 e. The predicted octanol–water partition coefficient (Wildman–Crippen LogP) is 1.91. The third kappa shape index (κ3) is 2.77. The molecule has 0 atom stereocenters. The molecule has 0 unspecified atom stereocenters. The first-order valence-electron chi connectivity index (χ1n) is 6.88. The molecule has 1 N–H and O–H groups in total. The molecule has 0 spiro atoms. The van der Waals surface area contributed by atoms with E-state index in [2.05, 4.69) is 51.5 Å². The molecule has 2 rings (SSSR count). The first-order valence-corrected chi connectivity index (χ1v) is 6.88. The molecule has 0 aromatic carbocycles. The lowest BCUT2D eigenvalue weighted by atomic mass is 9.75. The smallest absolute Gasteiger partial charge is 0.180 e. The Labute approximate surface area is 109 Å². The van der Waals surface area contributed by atoms with Gasteiger partial charge in [-0.15, -0.1) is 10.2 Å². The van der Waals surface area contributed by atoms with Crippen LogP contribution in [-0.4, -0.2) is 45.2 Å². The Balaban J connectivity index is 1.91. The summed E-state index contributed by atoms with van der Waals surface area (Å²) in [6.07, 6.45) is 8.88. The highest BCUT2D eigenvalue weighted by Gasteiger charge is 2.37. The zero-order valence-corrected chi connectivity index (χ0v) is 11.4. The lowest BCUT2D eigenvalue weighted by Gasteiger charge is -2.39. The molecule has 1 fully saturated rings. The average Bonchev–Trinajstić information content (AvgIpc) is 2.95. The molecule has 1 saturated heterocycles. The van der Waals surface area contributed by atoms with Gasteiger partial charge >= 0.3 is 0 Å². The van der Waals surface area contributed by atoms with Crippen LogP contribution in [0.5, 0.6) is 0 Å². The van der Waals surface area contributed by atoms with E-state index in [4.69, 9.17) is 0 Å². The van der Waals surface area contributed by atoms with Crippen molar-refractivity contribution < 1.29 is 0 Å². The van der Waals surface area contributed by atoms with Crippen molar-refractivity contribution in [2.75, 3.05) is 19.6 Å². The summed E-state index contributed by atoms with van der Waals surface area (Å²) in [4.78, 5) is 2.54. The summed E-state index contributed by atoms with van der Waals surface area (Å²) in [5.41, 5.74) is 0.143. The number of allylic oxidation sites excluding steroid dienone is 1. The van der Waals surface area contributed by atoms with E-state index in [1.807, 2.05) is 0 Å². The van der Waals surface area contributed by atoms with Crippen LogP contribution in [0, 0.1) is 0 Å². The van der Waals surface area contributed by atoms with Crippen LogP contribution in [0.1, 0.15) is 45.4 Å². The molecular formula is C13H23N5. The van der Waals surface area contributed by atoms with Gasteiger partial charge in [0.1, 0.15) is 0 Å². The quantitative estimate of drug-likeness (QED) is 0.810. The topological polar surface area (TPSA) is 57.7 Å². The Morgan fingerprint density at radius 2 is 2.17 bits per heavy atom. The summed E-state index contributed by atoms with van der Waals surface area (Å²) in [7, 11) is 0. The van der Waals surface area contributed by atoms with Gasteiger partial charge in [0, 0.05) is 12.0 Å². The van der Waals surface area contributed by atoms with Crippen LogP contribution >= 0.6 is 0 Å². The van der Waals surface area contributed by atoms with Crippen molar-refractivity contribution >= 4 is 0 Å². The van der Waals surface area contributed by atoms with Crippen molar-refractivity contribution in [2.24, 2.45) is 0 Å². The van der Waals surface area contributed by atoms with Crippen LogP contribution < -0.4 is 0 Å². The highest BCUT2D eigenvalue weighted by molar-refractivity contribution is 5.07. The van der Waals surface area contributed by atoms with Crippen molar-refractivity contribution in [1.29, 1.82) is 0 Å². The van der Waals surface area contributed by atoms with Crippen LogP contribution in [0.3, 0.4) is 0 Å². The maximum atomic E-state index is 4.21. The first-order chi connectivity index (χ1) is 8.80. The second-order valence-electron chi connectivity index (χ2n) is 5.07. The van der Waals surface area contributed by atoms with Crippen molar-refractivity contribution in [3.05, 3.63) is 18.0 Å². The Morgan fingerprint density at radius 1 is 1.39 bits per heavy atom. The SMILES string of the molecule is C/C=C/CCN1CCC(CC)(c2nn[nH]n2)CC1. The van der Waals surface area contributed by atoms with E-state index in [1.54, 1.807) is 0 Å². The summed E-state index contributed by atoms with van der Waals surface area (Å²) in [6, 6.07) is 0. The number of nitrogens with one attached hydrogen (secondary N) is 1. The minimum atomic E-state index is 0.143. The van der Waals surface area contributed by atoms with Crippen LogP contribution in [0.4, 0.5) is 0 Å². The third-order valence-corrected chi connectivity index (χ3v) is 4.16. The number of rotatable bonds is 5. The number of hydrogen-bond donors (Lipinski definition) is 1. The third-order valence-electron chi connectivity index (χ3n) is 4.16. The van der Waals surface area contributed by atoms with E-state index >= 15 is 0 Å². The molecule has 1 aliphatic heterocycles. The number of hydrogen-bond acceptors (Lipinski definition) is 4. The minimum Gasteiger partial charge on any atom is -0.303 e. The lowest BCUT2D eigenvalue weighted by Crippen LogP contribution is -2.43. The monoisotopic (exact) mass is 249 g/mol. The molecule has 1 aromatic rings. The van der Waals surface area contributed by atoms with E-state index in [1.165, 1.54) is 0 Å². The summed E-state index contributed by atoms with van der Waals surface area (Å²) >= 11 is 0. The van der Waals surface area contributed by atoms with Gasteiger partial charge in [-0.05, 0) is 45.7 Å². The molecule has 18 heavy (non-hydrogen) atoms. The maximum absolute atomic E-state index is 4.21. The first kappa shape index (κ1) is 13.2. The Bertz CT molecular complexity index is 363. The van der Waals surface area contributed by atoms with Gasteiger partial charge in [0.05, 0.1) is 0 Å². The van der Waals surface area contributed by atoms with Crippen LogP contribution in [0.2, 0.25) is 0 Å². The van der Waals surface area contributed by atoms with Gasteiger partial charge in [-0.25, -0.2) is 0 Å². The molecule has 1 aromatic heterocycles. The molecule has 5 nitrogen and oxygen atoms in total. The van der Waals surface area contributed by atoms with Crippen LogP contribution in [0.25, 0.3) is 0 Å². The van der Waals surface area contributed by atoms with E-state index in [-0.39, 0.29) is 5.41 Å². The number of aromatic nitrogens is 4. The molecule has 2 heterocycles. The fourth-order valence-corrected chi connectivity index (χ4v) is 2.75. The number of aromatic amines is 1. The highest BCUT2D eigenvalue weighted by atomic mass is 15.5. The van der Waals surface area contributed by atoms with E-state index in [0.717, 1.165) is 51.1 Å². The Hall–Kier alpha value is -1.23. The summed E-state index contributed by atoms with van der Waals surface area (Å²) in [5, 5.41) is 14.7. The van der Waals surface area contributed by atoms with Gasteiger partial charge in [0.25, 0.3) is 0 Å². The molecule has 0 aliphatic carbocycles. The lowest BCUT2D eigenvalue weighted by molar-refractivity contribution is 0.151. The van der Waals surface area contributed by atoms with Crippen molar-refractivity contribution in [2.45, 2.75) is 44.9 Å². The standard InChI is InChI=1S/C13H23N5/c1-3-5-6-9-18-10-7-13(4-2,8-11-18)12-14-16-17-15-12/h3,5H,4,6-11H2,1-2H3,(H,14,15,16,17)/b5-3+. The van der Waals surface area contributed by atoms with E-state index < -0.39 is 0 Å². The highest BCUT2D eigenvalue weighted by Crippen LogP contribution is 2.35. The number of piperidine rings is 1. The molecule has 0 amide bonds. The Morgan fingerprint density at radius 3 is 2.72 bits per heavy atom. The molecule has 1 aliphatic rings. The zero-order valence-electron chi connectivity index (χ0n) is 11.4. The van der Waals surface area contributed by atoms with Crippen molar-refractivity contribution in [1.82, 2.24) is 25.5 Å². The fourth-order valence-electron chi connectivity index (χ4n) is 2.75. The zero-order chi connectivity index (χ0) is 12.8. The summed E-state index contributed by atoms with van der Waals surface area (Å²) in [5.74, 6) is 0.901. The van der Waals surface area contributed by atoms with Gasteiger partial charge in [0.15, 0.2) is 5.82 Å². The Kier molecular flexibility index (Phi) is 4.47. The van der Waals surface area contributed by atoms with Crippen LogP contribution in [-0.2, 0) is 5.41 Å². The normalized spacial score (nSPS) is 20.6. The second-order valence-corrected chi connectivity index (χ2v) is 5.07. The minimum absolute atomic E-state index is 0.143. The van der Waals surface area contributed by atoms with Gasteiger partial charge in [-0.1, -0.05) is 24.3 Å². The predicted molar refractivity (Wildman–Crippen MR) is 71.3 cm³/mol.